The number of halogens is 6. The van der Waals surface area contributed by atoms with Crippen LogP contribution in [-0.2, 0) is 0 Å². The fraction of sp³-hybridized carbons (Fsp3) is 1.00. The van der Waals surface area contributed by atoms with Gasteiger partial charge in [-0.15, -0.1) is 0 Å². The first-order valence-corrected chi connectivity index (χ1v) is 9.71. The molecule has 8 heteroatoms. The molecule has 0 N–H and O–H groups in total. The summed E-state index contributed by atoms with van der Waals surface area (Å²) < 4.78 is 69.7. The van der Waals surface area contributed by atoms with Crippen LogP contribution in [-0.4, -0.2) is 12.4 Å². The van der Waals surface area contributed by atoms with Gasteiger partial charge in [-0.3, -0.25) is 0 Å². The molecular weight excluding hydrogens is 434 g/mol. The molecule has 0 aromatic rings. The molecule has 0 saturated heterocycles. The van der Waals surface area contributed by atoms with E-state index in [1.165, 1.54) is 6.92 Å². The topological polar surface area (TPSA) is 0 Å². The quantitative estimate of drug-likeness (QED) is 0.354. The van der Waals surface area contributed by atoms with E-state index in [9.17, 15) is 26.3 Å². The van der Waals surface area contributed by atoms with E-state index in [0.717, 1.165) is 20.3 Å². The van der Waals surface area contributed by atoms with Crippen LogP contribution in [0.25, 0.3) is 0 Å². The predicted molar refractivity (Wildman–Crippen MR) is 103 cm³/mol. The predicted octanol–water partition coefficient (Wildman–Crippen LogP) is 9.68. The zero-order valence-electron chi connectivity index (χ0n) is 19.8. The first-order chi connectivity index (χ1) is 11.6. The van der Waals surface area contributed by atoms with Crippen molar-refractivity contribution in [2.75, 3.05) is 0 Å². The molecule has 1 atom stereocenters. The molecule has 0 aliphatic heterocycles. The van der Waals surface area contributed by atoms with Crippen LogP contribution in [0.4, 0.5) is 26.3 Å². The second-order valence-electron chi connectivity index (χ2n) is 6.59. The molecule has 182 valence electrons. The van der Waals surface area contributed by atoms with Gasteiger partial charge in [0.15, 0.2) is 0 Å². The average molecular weight is 478 g/mol. The molecule has 0 fully saturated rings. The van der Waals surface area contributed by atoms with E-state index in [0.29, 0.717) is 6.42 Å². The van der Waals surface area contributed by atoms with Gasteiger partial charge in [-0.25, -0.2) is 0 Å². The normalized spacial score (nSPS) is 11.2. The molecule has 0 aromatic carbocycles. The van der Waals surface area contributed by atoms with Crippen LogP contribution in [0.1, 0.15) is 102 Å². The Kier molecular flexibility index (Phi) is 46.3. The third-order valence-electron chi connectivity index (χ3n) is 2.78. The van der Waals surface area contributed by atoms with Crippen LogP contribution in [0.3, 0.4) is 0 Å². The molecule has 0 amide bonds. The van der Waals surface area contributed by atoms with E-state index in [1.54, 1.807) is 0 Å². The van der Waals surface area contributed by atoms with Crippen LogP contribution in [0.2, 0.25) is 0 Å². The van der Waals surface area contributed by atoms with Crippen LogP contribution < -0.4 is 0 Å². The molecule has 0 aliphatic carbocycles. The molecule has 0 radical (unpaired) electrons. The molecule has 1 unspecified atom stereocenters. The molecule has 28 heavy (non-hydrogen) atoms. The summed E-state index contributed by atoms with van der Waals surface area (Å²) in [5.74, 6) is -2.36. The van der Waals surface area contributed by atoms with Gasteiger partial charge in [0.05, 0.1) is 5.92 Å². The van der Waals surface area contributed by atoms with Crippen molar-refractivity contribution in [1.82, 2.24) is 0 Å². The van der Waals surface area contributed by atoms with Crippen molar-refractivity contribution in [2.24, 2.45) is 17.3 Å². The Balaban J connectivity index is -0.0000000504. The van der Waals surface area contributed by atoms with E-state index in [2.05, 4.69) is 0 Å². The number of hydrogen-bond donors (Lipinski definition) is 0. The average Bonchev–Trinajstić information content (AvgIpc) is 2.50. The maximum Gasteiger partial charge on any atom is 0.391 e. The Morgan fingerprint density at radius 3 is 1.00 bits per heavy atom. The van der Waals surface area contributed by atoms with Gasteiger partial charge in [0.2, 0.25) is 0 Å². The Bertz CT molecular complexity index is 257. The largest absolute Gasteiger partial charge is 0.391 e. The van der Waals surface area contributed by atoms with Crippen LogP contribution in [0.15, 0.2) is 0 Å². The Labute approximate surface area is 231 Å². The van der Waals surface area contributed by atoms with Crippen molar-refractivity contribution in [1.29, 1.82) is 0 Å². The molecule has 0 heterocycles. The van der Waals surface area contributed by atoms with Crippen LogP contribution in [0, 0.1) is 92.7 Å². The monoisotopic (exact) mass is 478 g/mol. The molecule has 0 aliphatic rings. The summed E-state index contributed by atoms with van der Waals surface area (Å²) in [6.45, 7) is 21.6. The summed E-state index contributed by atoms with van der Waals surface area (Å²) in [6, 6.07) is 0. The number of hydrogen-bond acceptors (Lipinski definition) is 0. The first kappa shape index (κ1) is 47.8. The minimum Gasteiger partial charge on any atom is -0.171 e. The number of rotatable bonds is 3. The van der Waals surface area contributed by atoms with E-state index in [4.69, 9.17) is 0 Å². The molecule has 0 saturated carbocycles. The zero-order chi connectivity index (χ0) is 22.8. The molecular formula is C20H44Ar2F6. The fourth-order valence-electron chi connectivity index (χ4n) is 1.10. The smallest absolute Gasteiger partial charge is 0.171 e. The second-order valence-corrected chi connectivity index (χ2v) is 6.59. The van der Waals surface area contributed by atoms with Crippen molar-refractivity contribution >= 4 is 0 Å². The van der Waals surface area contributed by atoms with E-state index >= 15 is 0 Å². The summed E-state index contributed by atoms with van der Waals surface area (Å²) in [5.41, 5.74) is 0.144. The summed E-state index contributed by atoms with van der Waals surface area (Å²) in [5, 5.41) is 0. The third kappa shape index (κ3) is 46.4. The molecule has 0 nitrogen and oxygen atoms in total. The standard InChI is InChI=1S/C10H19F3.C4H7F3.3C2H6.2Ar/c1-8(10(11,12)13)6-5-7-9(2,3)4;1-3(2)4(5,6)7;3*1-2;;/h8H,5-7H2,1-4H3;3H,1-2H3;3*1-2H3;;. The van der Waals surface area contributed by atoms with Gasteiger partial charge in [-0.1, -0.05) is 89.5 Å². The van der Waals surface area contributed by atoms with Crippen molar-refractivity contribution in [3.05, 3.63) is 0 Å². The second kappa shape index (κ2) is 27.1. The number of alkyl halides is 6. The molecule has 0 spiro atoms. The Morgan fingerprint density at radius 2 is 0.857 bits per heavy atom. The van der Waals surface area contributed by atoms with Gasteiger partial charge < -0.3 is 0 Å². The van der Waals surface area contributed by atoms with Gasteiger partial charge in [-0.05, 0) is 18.3 Å². The minimum absolute atomic E-state index is 0. The van der Waals surface area contributed by atoms with Gasteiger partial charge in [0.25, 0.3) is 0 Å². The van der Waals surface area contributed by atoms with Gasteiger partial charge in [0, 0.05) is 81.4 Å². The van der Waals surface area contributed by atoms with Gasteiger partial charge in [-0.2, -0.15) is 26.3 Å². The van der Waals surface area contributed by atoms with E-state index in [-0.39, 0.29) is 87.3 Å². The maximum absolute atomic E-state index is 12.1. The summed E-state index contributed by atoms with van der Waals surface area (Å²) in [4.78, 5) is 0. The molecule has 0 aromatic heterocycles. The van der Waals surface area contributed by atoms with Crippen molar-refractivity contribution < 1.29 is 102 Å². The fourth-order valence-corrected chi connectivity index (χ4v) is 1.10. The first-order valence-electron chi connectivity index (χ1n) is 9.71. The SMILES string of the molecule is CC.CC.CC.CC(C)C(F)(F)F.CC(CCCC(C)(C)C)C(F)(F)F.[Ar].[Ar]. The maximum atomic E-state index is 12.1. The molecule has 0 rings (SSSR count). The van der Waals surface area contributed by atoms with E-state index < -0.39 is 24.2 Å². The van der Waals surface area contributed by atoms with Crippen molar-refractivity contribution in [3.63, 3.8) is 0 Å². The van der Waals surface area contributed by atoms with Gasteiger partial charge in [0.1, 0.15) is 0 Å². The Hall–Kier alpha value is 2.10. The van der Waals surface area contributed by atoms with Gasteiger partial charge >= 0.3 is 12.4 Å². The summed E-state index contributed by atoms with van der Waals surface area (Å²) in [7, 11) is 0. The minimum atomic E-state index is -4.02. The van der Waals surface area contributed by atoms with Crippen LogP contribution in [0.5, 0.6) is 0 Å². The van der Waals surface area contributed by atoms with Crippen molar-refractivity contribution in [2.45, 2.75) is 115 Å². The summed E-state index contributed by atoms with van der Waals surface area (Å²) >= 11 is 0. The van der Waals surface area contributed by atoms with Crippen LogP contribution >= 0.6 is 0 Å². The van der Waals surface area contributed by atoms with Crippen molar-refractivity contribution in [3.8, 4) is 0 Å². The molecule has 0 bridgehead atoms. The zero-order valence-corrected chi connectivity index (χ0v) is 21.2. The summed E-state index contributed by atoms with van der Waals surface area (Å²) in [6.07, 6.45) is -6.25. The third-order valence-corrected chi connectivity index (χ3v) is 2.78. The Morgan fingerprint density at radius 1 is 0.607 bits per heavy atom. The van der Waals surface area contributed by atoms with E-state index in [1.807, 2.05) is 62.3 Å².